The largest absolute Gasteiger partial charge is 0.339 e. The Kier molecular flexibility index (Phi) is 3.54. The van der Waals surface area contributed by atoms with E-state index in [0.29, 0.717) is 6.04 Å². The number of nitrogens with one attached hydrogen (secondary N) is 1. The normalized spacial score (nSPS) is 30.5. The molecule has 0 aromatic heterocycles. The zero-order chi connectivity index (χ0) is 9.84. The highest BCUT2D eigenvalue weighted by Gasteiger charge is 2.26. The molecular weight excluding hydrogens is 164 g/mol. The number of aliphatic imine (C=N–C) groups is 1. The maximum Gasteiger partial charge on any atom is 0.208 e. The van der Waals surface area contributed by atoms with E-state index in [4.69, 9.17) is 5.84 Å². The molecule has 1 aliphatic rings. The van der Waals surface area contributed by atoms with Gasteiger partial charge in [-0.05, 0) is 25.7 Å². The zero-order valence-corrected chi connectivity index (χ0v) is 8.75. The van der Waals surface area contributed by atoms with Crippen LogP contribution in [0.15, 0.2) is 4.99 Å². The lowest BCUT2D eigenvalue weighted by molar-refractivity contribution is 0.186. The van der Waals surface area contributed by atoms with Crippen molar-refractivity contribution >= 4 is 5.96 Å². The van der Waals surface area contributed by atoms with Gasteiger partial charge in [-0.2, -0.15) is 0 Å². The van der Waals surface area contributed by atoms with Crippen LogP contribution in [0, 0.1) is 5.92 Å². The van der Waals surface area contributed by atoms with Crippen LogP contribution < -0.4 is 11.3 Å². The van der Waals surface area contributed by atoms with Gasteiger partial charge in [0, 0.05) is 19.6 Å². The molecule has 0 amide bonds. The number of rotatable bonds is 0. The lowest BCUT2D eigenvalue weighted by atomic mass is 9.92. The monoisotopic (exact) mass is 184 g/mol. The fourth-order valence-corrected chi connectivity index (χ4v) is 1.91. The second-order valence-electron chi connectivity index (χ2n) is 3.75. The topological polar surface area (TPSA) is 53.6 Å². The van der Waals surface area contributed by atoms with Crippen LogP contribution in [0.1, 0.15) is 26.7 Å². The van der Waals surface area contributed by atoms with Gasteiger partial charge in [0.25, 0.3) is 0 Å². The molecule has 0 aliphatic carbocycles. The lowest BCUT2D eigenvalue weighted by Crippen LogP contribution is -2.53. The van der Waals surface area contributed by atoms with Crippen LogP contribution >= 0.6 is 0 Å². The van der Waals surface area contributed by atoms with Crippen LogP contribution in [0.4, 0.5) is 0 Å². The van der Waals surface area contributed by atoms with Gasteiger partial charge in [0.05, 0.1) is 0 Å². The maximum atomic E-state index is 5.40. The minimum absolute atomic E-state index is 0.531. The number of guanidine groups is 1. The molecule has 3 N–H and O–H groups in total. The highest BCUT2D eigenvalue weighted by molar-refractivity contribution is 5.79. The third kappa shape index (κ3) is 2.12. The van der Waals surface area contributed by atoms with E-state index in [0.717, 1.165) is 18.4 Å². The number of nitrogens with zero attached hydrogens (tertiary/aromatic N) is 2. The molecule has 1 aliphatic heterocycles. The molecule has 4 nitrogen and oxygen atoms in total. The molecule has 0 aromatic carbocycles. The Morgan fingerprint density at radius 3 is 2.77 bits per heavy atom. The van der Waals surface area contributed by atoms with Crippen LogP contribution in [0.3, 0.4) is 0 Å². The van der Waals surface area contributed by atoms with Crippen LogP contribution in [0.5, 0.6) is 0 Å². The predicted octanol–water partition coefficient (Wildman–Crippen LogP) is 0.556. The molecule has 0 radical (unpaired) electrons. The number of hydrogen-bond donors (Lipinski definition) is 2. The van der Waals surface area contributed by atoms with Crippen molar-refractivity contribution in [1.29, 1.82) is 0 Å². The van der Waals surface area contributed by atoms with Gasteiger partial charge in [0.15, 0.2) is 0 Å². The molecule has 2 atom stereocenters. The van der Waals surface area contributed by atoms with Gasteiger partial charge < -0.3 is 4.90 Å². The van der Waals surface area contributed by atoms with Crippen molar-refractivity contribution < 1.29 is 0 Å². The van der Waals surface area contributed by atoms with Gasteiger partial charge in [0.2, 0.25) is 5.96 Å². The molecule has 1 fully saturated rings. The molecule has 0 spiro atoms. The quantitative estimate of drug-likeness (QED) is 0.250. The summed E-state index contributed by atoms with van der Waals surface area (Å²) >= 11 is 0. The summed E-state index contributed by atoms with van der Waals surface area (Å²) in [6.45, 7) is 5.56. The first-order chi connectivity index (χ1) is 6.20. The van der Waals surface area contributed by atoms with Crippen molar-refractivity contribution in [3.63, 3.8) is 0 Å². The number of hydrogen-bond acceptors (Lipinski definition) is 2. The number of likely N-dealkylation sites (tertiary alicyclic amines) is 1. The average Bonchev–Trinajstić information content (AvgIpc) is 2.14. The Bertz CT molecular complexity index is 190. The molecule has 0 saturated carbocycles. The number of piperidine rings is 1. The summed E-state index contributed by atoms with van der Waals surface area (Å²) in [7, 11) is 1.77. The molecule has 13 heavy (non-hydrogen) atoms. The number of nitrogens with two attached hydrogens (primary N) is 1. The van der Waals surface area contributed by atoms with Crippen molar-refractivity contribution in [2.45, 2.75) is 32.7 Å². The molecule has 0 aromatic rings. The van der Waals surface area contributed by atoms with Gasteiger partial charge in [-0.3, -0.25) is 10.4 Å². The van der Waals surface area contributed by atoms with Gasteiger partial charge >= 0.3 is 0 Å². The summed E-state index contributed by atoms with van der Waals surface area (Å²) in [5.74, 6) is 6.93. The molecule has 1 rings (SSSR count). The van der Waals surface area contributed by atoms with Crippen LogP contribution in [-0.4, -0.2) is 30.5 Å². The van der Waals surface area contributed by atoms with E-state index in [1.165, 1.54) is 12.8 Å². The highest BCUT2D eigenvalue weighted by atomic mass is 15.4. The summed E-state index contributed by atoms with van der Waals surface area (Å²) in [5, 5.41) is 0. The van der Waals surface area contributed by atoms with Crippen molar-refractivity contribution in [3.05, 3.63) is 0 Å². The summed E-state index contributed by atoms with van der Waals surface area (Å²) in [4.78, 5) is 6.37. The Hall–Kier alpha value is -0.770. The summed E-state index contributed by atoms with van der Waals surface area (Å²) in [6.07, 6.45) is 2.53. The first-order valence-electron chi connectivity index (χ1n) is 4.90. The molecule has 4 heteroatoms. The second-order valence-corrected chi connectivity index (χ2v) is 3.75. The zero-order valence-electron chi connectivity index (χ0n) is 8.75. The van der Waals surface area contributed by atoms with Gasteiger partial charge in [-0.1, -0.05) is 6.92 Å². The minimum Gasteiger partial charge on any atom is -0.339 e. The van der Waals surface area contributed by atoms with E-state index < -0.39 is 0 Å². The van der Waals surface area contributed by atoms with Crippen LogP contribution in [0.25, 0.3) is 0 Å². The van der Waals surface area contributed by atoms with E-state index in [9.17, 15) is 0 Å². The van der Waals surface area contributed by atoms with E-state index in [1.54, 1.807) is 7.05 Å². The molecule has 1 saturated heterocycles. The Morgan fingerprint density at radius 2 is 2.23 bits per heavy atom. The third-order valence-corrected chi connectivity index (χ3v) is 2.99. The predicted molar refractivity (Wildman–Crippen MR) is 55.2 cm³/mol. The third-order valence-electron chi connectivity index (χ3n) is 2.99. The molecular formula is C9H20N4. The van der Waals surface area contributed by atoms with E-state index in [2.05, 4.69) is 29.2 Å². The molecule has 76 valence electrons. The van der Waals surface area contributed by atoms with Gasteiger partial charge in [0.1, 0.15) is 0 Å². The van der Waals surface area contributed by atoms with Crippen molar-refractivity contribution in [2.75, 3.05) is 13.6 Å². The molecule has 0 bridgehead atoms. The van der Waals surface area contributed by atoms with Crippen molar-refractivity contribution in [1.82, 2.24) is 10.3 Å². The first-order valence-corrected chi connectivity index (χ1v) is 4.90. The molecule has 1 heterocycles. The lowest BCUT2D eigenvalue weighted by Gasteiger charge is -2.39. The average molecular weight is 184 g/mol. The SMILES string of the molecule is CN=C(NN)N1CCCC(C)C1C. The standard InChI is InChI=1S/C9H20N4/c1-7-5-4-6-13(8(7)2)9(11-3)12-10/h7-8H,4-6,10H2,1-3H3,(H,11,12). The maximum absolute atomic E-state index is 5.40. The van der Waals surface area contributed by atoms with Crippen molar-refractivity contribution in [3.8, 4) is 0 Å². The Balaban J connectivity index is 2.67. The molecule has 2 unspecified atom stereocenters. The minimum atomic E-state index is 0.531. The van der Waals surface area contributed by atoms with E-state index >= 15 is 0 Å². The summed E-state index contributed by atoms with van der Waals surface area (Å²) < 4.78 is 0. The summed E-state index contributed by atoms with van der Waals surface area (Å²) in [5.41, 5.74) is 2.65. The number of hydrazine groups is 1. The smallest absolute Gasteiger partial charge is 0.208 e. The fraction of sp³-hybridized carbons (Fsp3) is 0.889. The highest BCUT2D eigenvalue weighted by Crippen LogP contribution is 2.22. The fourth-order valence-electron chi connectivity index (χ4n) is 1.91. The van der Waals surface area contributed by atoms with Crippen LogP contribution in [-0.2, 0) is 0 Å². The van der Waals surface area contributed by atoms with Gasteiger partial charge in [-0.25, -0.2) is 5.84 Å². The summed E-state index contributed by atoms with van der Waals surface area (Å²) in [6, 6.07) is 0.531. The Morgan fingerprint density at radius 1 is 1.54 bits per heavy atom. The van der Waals surface area contributed by atoms with E-state index in [-0.39, 0.29) is 0 Å². The second kappa shape index (κ2) is 4.46. The van der Waals surface area contributed by atoms with Crippen molar-refractivity contribution in [2.24, 2.45) is 16.8 Å². The first kappa shape index (κ1) is 10.3. The van der Waals surface area contributed by atoms with Crippen LogP contribution in [0.2, 0.25) is 0 Å². The Labute approximate surface area is 80.2 Å². The van der Waals surface area contributed by atoms with Gasteiger partial charge in [-0.15, -0.1) is 0 Å². The van der Waals surface area contributed by atoms with E-state index in [1.807, 2.05) is 0 Å².